The Morgan fingerprint density at radius 1 is 0.163 bits per heavy atom. The minimum Gasteiger partial charge on any atom is -0.381 e. The van der Waals surface area contributed by atoms with Gasteiger partial charge in [0.05, 0.1) is 0 Å². The van der Waals surface area contributed by atoms with Crippen molar-refractivity contribution in [3.8, 4) is 0 Å². The number of hydrogen-bond acceptors (Lipinski definition) is 8. The molecule has 0 atom stereocenters. The summed E-state index contributed by atoms with van der Waals surface area (Å²) in [7, 11) is -4.33. The minimum absolute atomic E-state index is 0. The Hall–Kier alpha value is -3.36. The first-order chi connectivity index (χ1) is 50.6. The van der Waals surface area contributed by atoms with E-state index in [2.05, 4.69) is 194 Å². The zero-order chi connectivity index (χ0) is 68.5. The topological polar surface area (TPSA) is 73.8 Å². The third-order valence-electron chi connectivity index (χ3n) is 24.3. The fourth-order valence-electron chi connectivity index (χ4n) is 17.7. The monoisotopic (exact) mass is 1840 g/mol. The Kier molecular flexibility index (Phi) is 30.7. The predicted octanol–water partition coefficient (Wildman–Crippen LogP) is 16.5. The second-order valence-corrected chi connectivity index (χ2v) is 41.6. The van der Waals surface area contributed by atoms with Crippen LogP contribution in [0.5, 0.6) is 0 Å². The molecule has 8 saturated heterocycles. The van der Waals surface area contributed by atoms with Crippen molar-refractivity contribution in [2.75, 3.05) is 118 Å². The Morgan fingerprint density at radius 3 is 0.356 bits per heavy atom. The van der Waals surface area contributed by atoms with Crippen LogP contribution in [0.1, 0.15) is 195 Å². The summed E-state index contributed by atoms with van der Waals surface area (Å²) in [6, 6.07) is 79.1. The van der Waals surface area contributed by atoms with E-state index < -0.39 is 31.7 Å². The van der Waals surface area contributed by atoms with E-state index in [1.807, 2.05) is 0 Å². The predicted molar refractivity (Wildman–Crippen MR) is 434 cm³/mol. The first-order valence-electron chi connectivity index (χ1n) is 39.4. The van der Waals surface area contributed by atoms with Crippen molar-refractivity contribution in [2.24, 2.45) is 0 Å². The van der Waals surface area contributed by atoms with Crippen LogP contribution in [0.4, 0.5) is 0 Å². The average molecular weight is 1840 g/mol. The van der Waals surface area contributed by atoms with Crippen LogP contribution < -0.4 is 42.4 Å². The van der Waals surface area contributed by atoms with Crippen LogP contribution in [-0.2, 0) is 82.7 Å². The van der Waals surface area contributed by atoms with Gasteiger partial charge in [-0.05, 0) is 292 Å². The first kappa shape index (κ1) is 78.8. The second-order valence-electron chi connectivity index (χ2n) is 30.3. The van der Waals surface area contributed by atoms with Crippen molar-refractivity contribution < 1.29 is 82.7 Å². The molecular weight excluding hydrogens is 1730 g/mol. The molecule has 0 bridgehead atoms. The number of rotatable bonds is 20. The van der Waals surface area contributed by atoms with Crippen LogP contribution in [0.25, 0.3) is 0 Å². The molecular formula is C90H112Au2O8P4+4. The molecule has 16 rings (SSSR count). The summed E-state index contributed by atoms with van der Waals surface area (Å²) >= 11 is 0. The smallest absolute Gasteiger partial charge is 0.174 e. The van der Waals surface area contributed by atoms with Crippen LogP contribution in [0.15, 0.2) is 194 Å². The Morgan fingerprint density at radius 2 is 0.260 bits per heavy atom. The fraction of sp³-hybridized carbons (Fsp3) is 0.467. The number of hydrogen-bond donors (Lipinski definition) is 0. The van der Waals surface area contributed by atoms with Gasteiger partial charge in [0.25, 0.3) is 0 Å². The molecule has 104 heavy (non-hydrogen) atoms. The zero-order valence-corrected chi connectivity index (χ0v) is 69.3. The Labute approximate surface area is 657 Å². The molecule has 0 amide bonds. The van der Waals surface area contributed by atoms with Crippen molar-refractivity contribution in [2.45, 2.75) is 150 Å². The van der Waals surface area contributed by atoms with Gasteiger partial charge >= 0.3 is 0 Å². The second kappa shape index (κ2) is 40.5. The van der Waals surface area contributed by atoms with Crippen LogP contribution in [0.3, 0.4) is 0 Å². The van der Waals surface area contributed by atoms with Crippen molar-refractivity contribution in [3.05, 3.63) is 239 Å². The molecule has 0 aliphatic carbocycles. The minimum atomic E-state index is -1.08. The molecule has 8 aliphatic rings. The van der Waals surface area contributed by atoms with Gasteiger partial charge in [-0.1, -0.05) is 97.1 Å². The molecule has 8 fully saturated rings. The standard InChI is InChI=1S/2C45H54O4P2.2Au/c2*1-9-42(10-2-34(1)38-17-25-46-26-18-38)50(43-11-3-35(4-12-43)39-19-27-47-28-20-39)33-51(44-13-5-36(6-14-44)40-21-29-48-30-22-40)45-15-7-37(8-16-45)41-23-31-49-32-24-41;;/h2*1-16,38-41H,17-33H2;;/p+4. The summed E-state index contributed by atoms with van der Waals surface area (Å²) in [6.45, 7) is 14.1. The summed E-state index contributed by atoms with van der Waals surface area (Å²) in [6.07, 6.45) is 18.1. The molecule has 0 saturated carbocycles. The fourth-order valence-corrected chi connectivity index (χ4v) is 33.0. The molecule has 0 aromatic heterocycles. The summed E-state index contributed by atoms with van der Waals surface area (Å²) < 4.78 is 45.6. The molecule has 0 spiro atoms. The third-order valence-corrected chi connectivity index (χ3v) is 38.2. The molecule has 8 aromatic carbocycles. The van der Waals surface area contributed by atoms with Crippen LogP contribution in [0.2, 0.25) is 0 Å². The largest absolute Gasteiger partial charge is 0.381 e. The van der Waals surface area contributed by atoms with E-state index in [1.54, 1.807) is 0 Å². The van der Waals surface area contributed by atoms with Gasteiger partial charge in [-0.3, -0.25) is 0 Å². The van der Waals surface area contributed by atoms with Crippen LogP contribution >= 0.6 is 31.7 Å². The van der Waals surface area contributed by atoms with Crippen molar-refractivity contribution >= 4 is 74.1 Å². The van der Waals surface area contributed by atoms with Crippen LogP contribution in [-0.4, -0.2) is 118 Å². The van der Waals surface area contributed by atoms with Gasteiger partial charge in [-0.2, -0.15) is 0 Å². The maximum absolute atomic E-state index is 5.70. The Balaban J connectivity index is 0.000000181. The van der Waals surface area contributed by atoms with Gasteiger partial charge in [0.1, 0.15) is 74.1 Å². The quantitative estimate of drug-likeness (QED) is 0.0552. The first-order valence-corrected chi connectivity index (χ1v) is 46.3. The van der Waals surface area contributed by atoms with E-state index in [4.69, 9.17) is 37.9 Å². The van der Waals surface area contributed by atoms with E-state index in [1.165, 1.54) is 98.7 Å². The molecule has 2 radical (unpaired) electrons. The normalized spacial score (nSPS) is 19.9. The van der Waals surface area contributed by atoms with Crippen molar-refractivity contribution in [3.63, 3.8) is 0 Å². The van der Waals surface area contributed by atoms with E-state index >= 15 is 0 Å². The maximum atomic E-state index is 5.70. The molecule has 0 unspecified atom stereocenters. The van der Waals surface area contributed by atoms with Crippen molar-refractivity contribution in [1.29, 1.82) is 0 Å². The summed E-state index contributed by atoms with van der Waals surface area (Å²) in [4.78, 5) is 0. The molecule has 558 valence electrons. The van der Waals surface area contributed by atoms with E-state index in [-0.39, 0.29) is 44.8 Å². The van der Waals surface area contributed by atoms with Gasteiger partial charge in [0.2, 0.25) is 0 Å². The molecule has 14 heteroatoms. The van der Waals surface area contributed by atoms with Crippen molar-refractivity contribution in [1.82, 2.24) is 0 Å². The van der Waals surface area contributed by atoms with Crippen LogP contribution in [0, 0.1) is 0 Å². The van der Waals surface area contributed by atoms with Gasteiger partial charge in [-0.15, -0.1) is 0 Å². The van der Waals surface area contributed by atoms with Gasteiger partial charge in [-0.25, -0.2) is 0 Å². The molecule has 8 aromatic rings. The van der Waals surface area contributed by atoms with Gasteiger partial charge in [0.15, 0.2) is 11.8 Å². The number of ether oxygens (including phenoxy) is 8. The summed E-state index contributed by atoms with van der Waals surface area (Å²) in [5.74, 6) is 7.36. The maximum Gasteiger partial charge on any atom is 0.174 e. The molecule has 8 heterocycles. The van der Waals surface area contributed by atoms with Gasteiger partial charge < -0.3 is 37.9 Å². The molecule has 0 N–H and O–H groups in total. The zero-order valence-electron chi connectivity index (χ0n) is 61.0. The third kappa shape index (κ3) is 20.8. The summed E-state index contributed by atoms with van der Waals surface area (Å²) in [5.41, 5.74) is 11.9. The van der Waals surface area contributed by atoms with Gasteiger partial charge in [0, 0.05) is 150 Å². The summed E-state index contributed by atoms with van der Waals surface area (Å²) in [5, 5.41) is 12.3. The number of benzene rings is 8. The van der Waals surface area contributed by atoms with E-state index in [0.29, 0.717) is 47.3 Å². The average Bonchev–Trinajstić information content (AvgIpc) is 0.798. The SMILES string of the molecule is [Au].[Au].c1cc([PH+](C[PH+](c2ccc(C3CCOCC3)cc2)c2ccc(C3CCOCC3)cc2)c2ccc(C3CCOCC3)cc2)ccc1C1CCOCC1.c1cc([PH+](C[PH+](c2ccc(C3CCOCC3)cc2)c2ccc(C3CCOCC3)cc2)c2ccc(C3CCOCC3)cc2)ccc1C1CCOCC1. The molecule has 8 nitrogen and oxygen atoms in total. The Bertz CT molecular complexity index is 3040. The molecule has 8 aliphatic heterocycles. The van der Waals surface area contributed by atoms with E-state index in [0.717, 1.165) is 208 Å². The van der Waals surface area contributed by atoms with E-state index in [9.17, 15) is 0 Å².